The second kappa shape index (κ2) is 9.54. The van der Waals surface area contributed by atoms with Crippen molar-refractivity contribution < 1.29 is 9.90 Å². The minimum absolute atomic E-state index is 0.0448. The van der Waals surface area contributed by atoms with Crippen LogP contribution in [0.15, 0.2) is 66.7 Å². The van der Waals surface area contributed by atoms with Crippen LogP contribution in [0.2, 0.25) is 10.0 Å². The van der Waals surface area contributed by atoms with Crippen molar-refractivity contribution in [3.8, 4) is 0 Å². The van der Waals surface area contributed by atoms with Crippen molar-refractivity contribution in [2.75, 3.05) is 0 Å². The fourth-order valence-corrected chi connectivity index (χ4v) is 3.56. The van der Waals surface area contributed by atoms with Gasteiger partial charge in [0.15, 0.2) is 5.76 Å². The molecule has 0 aliphatic heterocycles. The molecule has 148 valence electrons. The highest BCUT2D eigenvalue weighted by molar-refractivity contribution is 6.34. The van der Waals surface area contributed by atoms with E-state index in [1.165, 1.54) is 6.08 Å². The van der Waals surface area contributed by atoms with Crippen molar-refractivity contribution >= 4 is 41.3 Å². The summed E-state index contributed by atoms with van der Waals surface area (Å²) in [6.07, 6.45) is 5.93. The average molecular weight is 428 g/mol. The summed E-state index contributed by atoms with van der Waals surface area (Å²) < 4.78 is 1.84. The molecule has 3 rings (SSSR count). The molecule has 2 N–H and O–H groups in total. The molecule has 0 unspecified atom stereocenters. The van der Waals surface area contributed by atoms with Gasteiger partial charge < -0.3 is 15.1 Å². The van der Waals surface area contributed by atoms with Gasteiger partial charge in [-0.1, -0.05) is 47.5 Å². The van der Waals surface area contributed by atoms with Crippen LogP contribution in [0.25, 0.3) is 6.08 Å². The van der Waals surface area contributed by atoms with Crippen LogP contribution in [0.1, 0.15) is 29.3 Å². The van der Waals surface area contributed by atoms with E-state index in [2.05, 4.69) is 4.98 Å². The molecule has 1 heterocycles. The second-order valence-electron chi connectivity index (χ2n) is 6.47. The monoisotopic (exact) mass is 427 g/mol. The van der Waals surface area contributed by atoms with E-state index in [-0.39, 0.29) is 5.92 Å². The molecule has 5 nitrogen and oxygen atoms in total. The van der Waals surface area contributed by atoms with E-state index in [0.29, 0.717) is 28.6 Å². The summed E-state index contributed by atoms with van der Waals surface area (Å²) in [4.78, 5) is 15.6. The van der Waals surface area contributed by atoms with Crippen LogP contribution in [0.4, 0.5) is 0 Å². The molecule has 2 aromatic carbocycles. The van der Waals surface area contributed by atoms with Crippen LogP contribution >= 0.6 is 23.2 Å². The lowest BCUT2D eigenvalue weighted by molar-refractivity contribution is -0.111. The molecular weight excluding hydrogens is 409 g/mol. The Hall–Kier alpha value is -2.89. The van der Waals surface area contributed by atoms with Crippen LogP contribution in [0.3, 0.4) is 0 Å². The van der Waals surface area contributed by atoms with Crippen molar-refractivity contribution in [3.05, 3.63) is 93.7 Å². The normalized spacial score (nSPS) is 11.6. The molecule has 0 aliphatic rings. The zero-order valence-electron chi connectivity index (χ0n) is 15.4. The van der Waals surface area contributed by atoms with Crippen molar-refractivity contribution in [1.82, 2.24) is 9.55 Å². The number of carbonyl (C=O) groups excluding carboxylic acids is 1. The Balaban J connectivity index is 1.88. The number of allylic oxidation sites excluding steroid dienone is 1. The standard InChI is InChI=1S/C22H19Cl2N3O2/c23-17-5-1-3-15(11-17)19(16-4-2-6-18(24)12-16)7-9-27-10-8-26-22(27)13-20(28)21(29)14-25/h1-6,8,10-14,19,25,28H,7,9H2/b20-13-,25-14?. The van der Waals surface area contributed by atoms with E-state index in [1.807, 2.05) is 53.1 Å². The van der Waals surface area contributed by atoms with Crippen LogP contribution < -0.4 is 0 Å². The average Bonchev–Trinajstić information content (AvgIpc) is 3.14. The Morgan fingerprint density at radius 3 is 2.31 bits per heavy atom. The van der Waals surface area contributed by atoms with Crippen molar-refractivity contribution in [2.45, 2.75) is 18.9 Å². The van der Waals surface area contributed by atoms with Crippen LogP contribution in [-0.2, 0) is 11.3 Å². The number of halogens is 2. The van der Waals surface area contributed by atoms with Gasteiger partial charge in [-0.25, -0.2) is 4.98 Å². The lowest BCUT2D eigenvalue weighted by Gasteiger charge is -2.19. The zero-order valence-corrected chi connectivity index (χ0v) is 16.9. The lowest BCUT2D eigenvalue weighted by atomic mass is 9.88. The molecule has 0 saturated carbocycles. The van der Waals surface area contributed by atoms with Gasteiger partial charge in [0.25, 0.3) is 0 Å². The predicted octanol–water partition coefficient (Wildman–Crippen LogP) is 5.53. The number of aryl methyl sites for hydroxylation is 1. The summed E-state index contributed by atoms with van der Waals surface area (Å²) in [6, 6.07) is 15.4. The molecule has 29 heavy (non-hydrogen) atoms. The number of rotatable bonds is 8. The first-order valence-corrected chi connectivity index (χ1v) is 9.71. The number of aromatic nitrogens is 2. The van der Waals surface area contributed by atoms with Crippen LogP contribution in [0.5, 0.6) is 0 Å². The van der Waals surface area contributed by atoms with Gasteiger partial charge in [-0.3, -0.25) is 4.79 Å². The Labute approximate surface area is 178 Å². The molecule has 0 amide bonds. The van der Waals surface area contributed by atoms with Gasteiger partial charge in [-0.05, 0) is 41.8 Å². The highest BCUT2D eigenvalue weighted by Crippen LogP contribution is 2.31. The van der Waals surface area contributed by atoms with Gasteiger partial charge in [0.1, 0.15) is 5.82 Å². The molecule has 0 atom stereocenters. The van der Waals surface area contributed by atoms with Gasteiger partial charge in [0, 0.05) is 41.0 Å². The number of carbonyl (C=O) groups is 1. The fourth-order valence-electron chi connectivity index (χ4n) is 3.16. The summed E-state index contributed by atoms with van der Waals surface area (Å²) in [5.41, 5.74) is 2.14. The first-order chi connectivity index (χ1) is 14.0. The van der Waals surface area contributed by atoms with Crippen LogP contribution in [-0.4, -0.2) is 26.7 Å². The number of ketones is 1. The van der Waals surface area contributed by atoms with E-state index in [0.717, 1.165) is 17.5 Å². The highest BCUT2D eigenvalue weighted by atomic mass is 35.5. The van der Waals surface area contributed by atoms with E-state index < -0.39 is 11.5 Å². The number of nitrogens with one attached hydrogen (secondary N) is 1. The van der Waals surface area contributed by atoms with Gasteiger partial charge in [-0.15, -0.1) is 0 Å². The summed E-state index contributed by atoms with van der Waals surface area (Å²) in [6.45, 7) is 0.585. The molecule has 0 saturated heterocycles. The van der Waals surface area contributed by atoms with E-state index in [9.17, 15) is 9.90 Å². The largest absolute Gasteiger partial charge is 0.504 e. The van der Waals surface area contributed by atoms with Crippen molar-refractivity contribution in [2.24, 2.45) is 0 Å². The quantitative estimate of drug-likeness (QED) is 0.281. The number of Topliss-reactive ketones (excluding diaryl/α,β-unsaturated/α-hetero) is 1. The topological polar surface area (TPSA) is 79.0 Å². The maximum Gasteiger partial charge on any atom is 0.237 e. The van der Waals surface area contributed by atoms with E-state index in [4.69, 9.17) is 28.6 Å². The SMILES string of the molecule is N=CC(=O)/C(O)=C/c1nccn1CCC(c1cccc(Cl)c1)c1cccc(Cl)c1. The molecule has 0 fully saturated rings. The maximum absolute atomic E-state index is 11.4. The van der Waals surface area contributed by atoms with Crippen LogP contribution in [0, 0.1) is 5.41 Å². The minimum atomic E-state index is -0.768. The number of aliphatic hydroxyl groups excluding tert-OH is 1. The molecular formula is C22H19Cl2N3O2. The minimum Gasteiger partial charge on any atom is -0.504 e. The Kier molecular flexibility index (Phi) is 6.86. The summed E-state index contributed by atoms with van der Waals surface area (Å²) in [5.74, 6) is -0.805. The molecule has 0 radical (unpaired) electrons. The smallest absolute Gasteiger partial charge is 0.237 e. The number of nitrogens with zero attached hydrogens (tertiary/aromatic N) is 2. The Morgan fingerprint density at radius 1 is 1.14 bits per heavy atom. The predicted molar refractivity (Wildman–Crippen MR) is 116 cm³/mol. The number of aliphatic hydroxyl groups is 1. The maximum atomic E-state index is 11.4. The molecule has 7 heteroatoms. The Morgan fingerprint density at radius 2 is 1.76 bits per heavy atom. The molecule has 0 aliphatic carbocycles. The number of hydrogen-bond donors (Lipinski definition) is 2. The van der Waals surface area contributed by atoms with Crippen molar-refractivity contribution in [1.29, 1.82) is 5.41 Å². The summed E-state index contributed by atoms with van der Waals surface area (Å²) >= 11 is 12.4. The third kappa shape index (κ3) is 5.34. The van der Waals surface area contributed by atoms with E-state index >= 15 is 0 Å². The van der Waals surface area contributed by atoms with Crippen molar-refractivity contribution in [3.63, 3.8) is 0 Å². The fraction of sp³-hybridized carbons (Fsp3) is 0.136. The van der Waals surface area contributed by atoms with Gasteiger partial charge >= 0.3 is 0 Å². The zero-order chi connectivity index (χ0) is 20.8. The summed E-state index contributed by atoms with van der Waals surface area (Å²) in [7, 11) is 0. The molecule has 0 spiro atoms. The van der Waals surface area contributed by atoms with Gasteiger partial charge in [0.2, 0.25) is 5.78 Å². The van der Waals surface area contributed by atoms with E-state index in [1.54, 1.807) is 12.4 Å². The Bertz CT molecular complexity index is 1010. The third-order valence-electron chi connectivity index (χ3n) is 4.56. The first-order valence-electron chi connectivity index (χ1n) is 8.95. The van der Waals surface area contributed by atoms with Gasteiger partial charge in [0.05, 0.1) is 6.21 Å². The highest BCUT2D eigenvalue weighted by Gasteiger charge is 2.16. The molecule has 1 aromatic heterocycles. The number of imidazole rings is 1. The molecule has 3 aromatic rings. The first kappa shape index (κ1) is 20.8. The second-order valence-corrected chi connectivity index (χ2v) is 7.34. The lowest BCUT2D eigenvalue weighted by Crippen LogP contribution is -2.09. The molecule has 0 bridgehead atoms. The summed E-state index contributed by atoms with van der Waals surface area (Å²) in [5, 5.41) is 18.1. The van der Waals surface area contributed by atoms with Gasteiger partial charge in [-0.2, -0.15) is 0 Å². The number of benzene rings is 2. The third-order valence-corrected chi connectivity index (χ3v) is 5.03. The number of hydrogen-bond acceptors (Lipinski definition) is 4.